The molecule has 1 fully saturated rings. The van der Waals surface area contributed by atoms with Crippen molar-refractivity contribution in [1.82, 2.24) is 29.4 Å². The second kappa shape index (κ2) is 8.75. The highest BCUT2D eigenvalue weighted by atomic mass is 16.2. The standard InChI is InChI=1S/C29H28N6O/c1-19-26-24(16-25(20-14-15-20)30-28(26)34(3)31-19)29(36)33(2)17-22-18-35(23-12-8-5-9-13-23)32-27(22)21-10-6-4-7-11-21/h4-13,16,18,20H,14-15,17H2,1-3H3. The van der Waals surface area contributed by atoms with Gasteiger partial charge in [0.15, 0.2) is 5.65 Å². The van der Waals surface area contributed by atoms with Crippen LogP contribution >= 0.6 is 0 Å². The van der Waals surface area contributed by atoms with Gasteiger partial charge in [0.05, 0.1) is 28.0 Å². The van der Waals surface area contributed by atoms with Gasteiger partial charge in [0, 0.05) is 49.6 Å². The average Bonchev–Trinajstić information content (AvgIpc) is 3.61. The van der Waals surface area contributed by atoms with E-state index in [0.717, 1.165) is 57.8 Å². The molecule has 1 amide bonds. The van der Waals surface area contributed by atoms with Crippen LogP contribution in [0.1, 0.15) is 46.1 Å². The summed E-state index contributed by atoms with van der Waals surface area (Å²) >= 11 is 0. The SMILES string of the molecule is Cc1nn(C)c2nc(C3CC3)cc(C(=O)N(C)Cc3cn(-c4ccccc4)nc3-c3ccccc3)c12. The van der Waals surface area contributed by atoms with Gasteiger partial charge < -0.3 is 4.90 Å². The number of amides is 1. The van der Waals surface area contributed by atoms with Crippen molar-refractivity contribution in [1.29, 1.82) is 0 Å². The maximum absolute atomic E-state index is 13.9. The Balaban J connectivity index is 1.39. The van der Waals surface area contributed by atoms with Gasteiger partial charge in [-0.25, -0.2) is 9.67 Å². The maximum Gasteiger partial charge on any atom is 0.254 e. The van der Waals surface area contributed by atoms with E-state index >= 15 is 0 Å². The molecule has 1 aliphatic carbocycles. The van der Waals surface area contributed by atoms with Crippen molar-refractivity contribution in [3.63, 3.8) is 0 Å². The molecule has 0 spiro atoms. The van der Waals surface area contributed by atoms with Crippen LogP contribution in [0.25, 0.3) is 28.0 Å². The van der Waals surface area contributed by atoms with Crippen molar-refractivity contribution in [3.05, 3.63) is 95.4 Å². The lowest BCUT2D eigenvalue weighted by molar-refractivity contribution is 0.0787. The molecule has 2 aromatic carbocycles. The molecule has 3 aromatic heterocycles. The molecule has 1 saturated carbocycles. The summed E-state index contributed by atoms with van der Waals surface area (Å²) in [5.41, 5.74) is 7.11. The minimum absolute atomic E-state index is 0.0353. The van der Waals surface area contributed by atoms with Crippen molar-refractivity contribution < 1.29 is 4.79 Å². The predicted octanol–water partition coefficient (Wildman–Crippen LogP) is 5.28. The molecular formula is C29H28N6O. The fraction of sp³-hybridized carbons (Fsp3) is 0.241. The van der Waals surface area contributed by atoms with Crippen LogP contribution in [0.15, 0.2) is 72.9 Å². The zero-order chi connectivity index (χ0) is 24.8. The number of aromatic nitrogens is 5. The Kier molecular flexibility index (Phi) is 5.40. The van der Waals surface area contributed by atoms with Gasteiger partial charge in [-0.2, -0.15) is 10.2 Å². The summed E-state index contributed by atoms with van der Waals surface area (Å²) in [6.07, 6.45) is 4.27. The van der Waals surface area contributed by atoms with Gasteiger partial charge in [-0.05, 0) is 38.0 Å². The van der Waals surface area contributed by atoms with E-state index in [4.69, 9.17) is 10.1 Å². The Morgan fingerprint density at radius 1 is 1.03 bits per heavy atom. The van der Waals surface area contributed by atoms with E-state index in [1.165, 1.54) is 0 Å². The number of carbonyl (C=O) groups excluding carboxylic acids is 1. The lowest BCUT2D eigenvalue weighted by Gasteiger charge is -2.18. The van der Waals surface area contributed by atoms with Crippen LogP contribution < -0.4 is 0 Å². The topological polar surface area (TPSA) is 68.8 Å². The molecule has 6 rings (SSSR count). The minimum Gasteiger partial charge on any atom is -0.337 e. The number of carbonyl (C=O) groups is 1. The van der Waals surface area contributed by atoms with Gasteiger partial charge in [-0.3, -0.25) is 9.48 Å². The van der Waals surface area contributed by atoms with Crippen LogP contribution in [0, 0.1) is 6.92 Å². The Morgan fingerprint density at radius 2 is 1.72 bits per heavy atom. The molecule has 36 heavy (non-hydrogen) atoms. The molecule has 0 N–H and O–H groups in total. The smallest absolute Gasteiger partial charge is 0.254 e. The lowest BCUT2D eigenvalue weighted by Crippen LogP contribution is -2.27. The van der Waals surface area contributed by atoms with Crippen molar-refractivity contribution in [3.8, 4) is 16.9 Å². The van der Waals surface area contributed by atoms with Gasteiger partial charge in [0.1, 0.15) is 0 Å². The van der Waals surface area contributed by atoms with Crippen LogP contribution in [-0.2, 0) is 13.6 Å². The number of hydrogen-bond acceptors (Lipinski definition) is 4. The lowest BCUT2D eigenvalue weighted by atomic mass is 10.1. The second-order valence-electron chi connectivity index (χ2n) is 9.59. The molecule has 0 saturated heterocycles. The number of pyridine rings is 1. The Morgan fingerprint density at radius 3 is 2.42 bits per heavy atom. The summed E-state index contributed by atoms with van der Waals surface area (Å²) in [6.45, 7) is 2.37. The zero-order valence-electron chi connectivity index (χ0n) is 20.7. The van der Waals surface area contributed by atoms with E-state index in [-0.39, 0.29) is 5.91 Å². The molecule has 5 aromatic rings. The first-order valence-electron chi connectivity index (χ1n) is 12.3. The quantitative estimate of drug-likeness (QED) is 0.334. The molecule has 0 radical (unpaired) electrons. The number of benzene rings is 2. The Labute approximate surface area is 210 Å². The molecule has 1 aliphatic rings. The summed E-state index contributed by atoms with van der Waals surface area (Å²) in [4.78, 5) is 20.5. The maximum atomic E-state index is 13.9. The highest BCUT2D eigenvalue weighted by Gasteiger charge is 2.29. The normalized spacial score (nSPS) is 13.3. The van der Waals surface area contributed by atoms with E-state index in [1.54, 1.807) is 9.58 Å². The number of hydrogen-bond donors (Lipinski definition) is 0. The van der Waals surface area contributed by atoms with Gasteiger partial charge >= 0.3 is 0 Å². The summed E-state index contributed by atoms with van der Waals surface area (Å²) in [7, 11) is 3.74. The molecule has 7 nitrogen and oxygen atoms in total. The molecular weight excluding hydrogens is 448 g/mol. The third kappa shape index (κ3) is 3.96. The highest BCUT2D eigenvalue weighted by Crippen LogP contribution is 2.40. The van der Waals surface area contributed by atoms with Crippen LogP contribution in [0.4, 0.5) is 0 Å². The van der Waals surface area contributed by atoms with Crippen LogP contribution in [0.5, 0.6) is 0 Å². The average molecular weight is 477 g/mol. The van der Waals surface area contributed by atoms with Gasteiger partial charge in [-0.1, -0.05) is 48.5 Å². The first kappa shape index (κ1) is 22.2. The molecule has 0 unspecified atom stereocenters. The van der Waals surface area contributed by atoms with Crippen molar-refractivity contribution in [2.24, 2.45) is 7.05 Å². The number of para-hydroxylation sites is 1. The van der Waals surface area contributed by atoms with Crippen LogP contribution in [0.3, 0.4) is 0 Å². The number of fused-ring (bicyclic) bond motifs is 1. The van der Waals surface area contributed by atoms with E-state index in [0.29, 0.717) is 18.0 Å². The van der Waals surface area contributed by atoms with E-state index < -0.39 is 0 Å². The summed E-state index contributed by atoms with van der Waals surface area (Å²) in [5.74, 6) is 0.405. The van der Waals surface area contributed by atoms with E-state index in [9.17, 15) is 4.79 Å². The first-order chi connectivity index (χ1) is 17.5. The second-order valence-corrected chi connectivity index (χ2v) is 9.59. The first-order valence-corrected chi connectivity index (χ1v) is 12.3. The molecule has 7 heteroatoms. The molecule has 180 valence electrons. The molecule has 0 atom stereocenters. The largest absolute Gasteiger partial charge is 0.337 e. The van der Waals surface area contributed by atoms with Crippen LogP contribution in [-0.4, -0.2) is 42.4 Å². The summed E-state index contributed by atoms with van der Waals surface area (Å²) in [5, 5.41) is 10.3. The Hall–Kier alpha value is -4.26. The number of nitrogens with zero attached hydrogens (tertiary/aromatic N) is 6. The predicted molar refractivity (Wildman–Crippen MR) is 140 cm³/mol. The molecule has 0 aliphatic heterocycles. The summed E-state index contributed by atoms with van der Waals surface area (Å²) < 4.78 is 3.67. The van der Waals surface area contributed by atoms with Gasteiger partial charge in [-0.15, -0.1) is 0 Å². The van der Waals surface area contributed by atoms with Crippen molar-refractivity contribution in [2.75, 3.05) is 7.05 Å². The van der Waals surface area contributed by atoms with Gasteiger partial charge in [0.25, 0.3) is 5.91 Å². The monoisotopic (exact) mass is 476 g/mol. The highest BCUT2D eigenvalue weighted by molar-refractivity contribution is 6.06. The zero-order valence-corrected chi connectivity index (χ0v) is 20.7. The number of rotatable bonds is 6. The van der Waals surface area contributed by atoms with Crippen molar-refractivity contribution in [2.45, 2.75) is 32.2 Å². The summed E-state index contributed by atoms with van der Waals surface area (Å²) in [6, 6.07) is 22.1. The third-order valence-electron chi connectivity index (χ3n) is 6.83. The van der Waals surface area contributed by atoms with E-state index in [2.05, 4.69) is 17.2 Å². The van der Waals surface area contributed by atoms with Crippen LogP contribution in [0.2, 0.25) is 0 Å². The fourth-order valence-corrected chi connectivity index (χ4v) is 4.83. The third-order valence-corrected chi connectivity index (χ3v) is 6.83. The fourth-order valence-electron chi connectivity index (χ4n) is 4.83. The number of aryl methyl sites for hydroxylation is 2. The van der Waals surface area contributed by atoms with Crippen molar-refractivity contribution >= 4 is 16.9 Å². The van der Waals surface area contributed by atoms with E-state index in [1.807, 2.05) is 86.5 Å². The minimum atomic E-state index is -0.0353. The molecule has 0 bridgehead atoms. The Bertz CT molecular complexity index is 1560. The molecule has 3 heterocycles. The van der Waals surface area contributed by atoms with Gasteiger partial charge in [0.2, 0.25) is 0 Å².